The van der Waals surface area contributed by atoms with Gasteiger partial charge in [0.15, 0.2) is 9.84 Å². The van der Waals surface area contributed by atoms with Gasteiger partial charge in [-0.05, 0) is 48.5 Å². The van der Waals surface area contributed by atoms with E-state index in [1.165, 1.54) is 43.7 Å². The Bertz CT molecular complexity index is 1280. The van der Waals surface area contributed by atoms with Crippen LogP contribution in [-0.4, -0.2) is 51.2 Å². The van der Waals surface area contributed by atoms with Crippen molar-refractivity contribution < 1.29 is 32.0 Å². The number of methoxy groups -OCH3 is 1. The zero-order chi connectivity index (χ0) is 24.3. The number of amides is 3. The van der Waals surface area contributed by atoms with E-state index in [-0.39, 0.29) is 30.2 Å². The number of carbonyl (C=O) groups excluding carboxylic acids is 3. The van der Waals surface area contributed by atoms with Gasteiger partial charge in [-0.15, -0.1) is 0 Å². The Morgan fingerprint density at radius 2 is 1.65 bits per heavy atom. The average molecular weight is 483 g/mol. The minimum absolute atomic E-state index is 0.0509. The molecule has 2 heterocycles. The summed E-state index contributed by atoms with van der Waals surface area (Å²) < 4.78 is 37.0. The van der Waals surface area contributed by atoms with E-state index in [2.05, 4.69) is 5.32 Å². The van der Waals surface area contributed by atoms with E-state index in [9.17, 15) is 22.8 Å². The van der Waals surface area contributed by atoms with Gasteiger partial charge in [0, 0.05) is 19.5 Å². The van der Waals surface area contributed by atoms with Crippen LogP contribution in [0.25, 0.3) is 0 Å². The molecule has 1 aliphatic heterocycles. The number of imide groups is 1. The number of rotatable bonds is 9. The SMILES string of the molecule is COc1ccc(S(=O)(=O)[C@H](CNC(=O)CCN2C(=O)c3ccccc3C2=O)c2ccco2)cc1. The van der Waals surface area contributed by atoms with Crippen LogP contribution >= 0.6 is 0 Å². The van der Waals surface area contributed by atoms with E-state index in [1.807, 2.05) is 0 Å². The van der Waals surface area contributed by atoms with Crippen molar-refractivity contribution in [1.29, 1.82) is 0 Å². The molecule has 0 fully saturated rings. The van der Waals surface area contributed by atoms with Crippen LogP contribution in [0.5, 0.6) is 5.75 Å². The zero-order valence-electron chi connectivity index (χ0n) is 18.3. The number of hydrogen-bond donors (Lipinski definition) is 1. The third-order valence-corrected chi connectivity index (χ3v) is 7.63. The molecule has 0 saturated heterocycles. The van der Waals surface area contributed by atoms with Crippen molar-refractivity contribution in [1.82, 2.24) is 10.2 Å². The summed E-state index contributed by atoms with van der Waals surface area (Å²) in [5.41, 5.74) is 0.604. The Hall–Kier alpha value is -3.92. The average Bonchev–Trinajstić information content (AvgIpc) is 3.45. The highest BCUT2D eigenvalue weighted by Crippen LogP contribution is 2.30. The maximum absolute atomic E-state index is 13.3. The van der Waals surface area contributed by atoms with E-state index in [1.54, 1.807) is 30.3 Å². The maximum Gasteiger partial charge on any atom is 0.261 e. The maximum atomic E-state index is 13.3. The molecular formula is C24H22N2O7S. The van der Waals surface area contributed by atoms with Gasteiger partial charge in [-0.2, -0.15) is 0 Å². The molecule has 1 N–H and O–H groups in total. The Kier molecular flexibility index (Phi) is 6.51. The van der Waals surface area contributed by atoms with Gasteiger partial charge in [0.05, 0.1) is 29.4 Å². The Morgan fingerprint density at radius 3 is 2.21 bits per heavy atom. The fraction of sp³-hybridized carbons (Fsp3) is 0.208. The van der Waals surface area contributed by atoms with Crippen molar-refractivity contribution in [3.8, 4) is 5.75 Å². The second-order valence-corrected chi connectivity index (χ2v) is 9.72. The number of nitrogens with zero attached hydrogens (tertiary/aromatic N) is 1. The highest BCUT2D eigenvalue weighted by Gasteiger charge is 2.35. The van der Waals surface area contributed by atoms with Gasteiger partial charge in [-0.3, -0.25) is 19.3 Å². The van der Waals surface area contributed by atoms with Crippen LogP contribution < -0.4 is 10.1 Å². The number of carbonyl (C=O) groups is 3. The van der Waals surface area contributed by atoms with Gasteiger partial charge in [0.1, 0.15) is 16.8 Å². The van der Waals surface area contributed by atoms with Gasteiger partial charge in [0.2, 0.25) is 5.91 Å². The molecule has 0 saturated carbocycles. The number of hydrogen-bond acceptors (Lipinski definition) is 7. The number of benzene rings is 2. The molecule has 1 aliphatic rings. The van der Waals surface area contributed by atoms with Crippen molar-refractivity contribution in [3.63, 3.8) is 0 Å². The third kappa shape index (κ3) is 4.44. The first-order valence-electron chi connectivity index (χ1n) is 10.5. The van der Waals surface area contributed by atoms with E-state index < -0.39 is 32.8 Å². The van der Waals surface area contributed by atoms with Gasteiger partial charge in [0.25, 0.3) is 11.8 Å². The number of sulfone groups is 1. The first-order valence-corrected chi connectivity index (χ1v) is 12.0. The lowest BCUT2D eigenvalue weighted by Gasteiger charge is -2.18. The molecule has 176 valence electrons. The van der Waals surface area contributed by atoms with Crippen LogP contribution in [0.15, 0.2) is 76.2 Å². The van der Waals surface area contributed by atoms with E-state index in [4.69, 9.17) is 9.15 Å². The third-order valence-electron chi connectivity index (χ3n) is 5.55. The molecule has 4 rings (SSSR count). The highest BCUT2D eigenvalue weighted by molar-refractivity contribution is 7.91. The molecule has 1 aromatic heterocycles. The van der Waals surface area contributed by atoms with Gasteiger partial charge in [-0.25, -0.2) is 8.42 Å². The van der Waals surface area contributed by atoms with Crippen LogP contribution in [0, 0.1) is 0 Å². The fourth-order valence-electron chi connectivity index (χ4n) is 3.72. The van der Waals surface area contributed by atoms with Crippen molar-refractivity contribution in [2.45, 2.75) is 16.6 Å². The second-order valence-electron chi connectivity index (χ2n) is 7.59. The normalized spacial score (nSPS) is 14.1. The fourth-order valence-corrected chi connectivity index (χ4v) is 5.30. The predicted molar refractivity (Wildman–Crippen MR) is 121 cm³/mol. The summed E-state index contributed by atoms with van der Waals surface area (Å²) >= 11 is 0. The largest absolute Gasteiger partial charge is 0.497 e. The summed E-state index contributed by atoms with van der Waals surface area (Å²) in [5.74, 6) is -0.725. The topological polar surface area (TPSA) is 123 Å². The Balaban J connectivity index is 1.43. The molecule has 1 atom stereocenters. The summed E-state index contributed by atoms with van der Waals surface area (Å²) in [4.78, 5) is 38.5. The summed E-state index contributed by atoms with van der Waals surface area (Å²) in [6, 6.07) is 15.5. The molecule has 0 unspecified atom stereocenters. The molecule has 3 amide bonds. The summed E-state index contributed by atoms with van der Waals surface area (Å²) in [6.45, 7) is -0.363. The Morgan fingerprint density at radius 1 is 1.00 bits per heavy atom. The lowest BCUT2D eigenvalue weighted by Crippen LogP contribution is -2.36. The van der Waals surface area contributed by atoms with E-state index in [0.29, 0.717) is 16.9 Å². The molecule has 0 aliphatic carbocycles. The van der Waals surface area contributed by atoms with Crippen LogP contribution in [0.1, 0.15) is 38.1 Å². The molecule has 0 spiro atoms. The Labute approximate surface area is 196 Å². The minimum atomic E-state index is -3.91. The highest BCUT2D eigenvalue weighted by atomic mass is 32.2. The molecule has 0 bridgehead atoms. The number of nitrogens with one attached hydrogen (secondary N) is 1. The van der Waals surface area contributed by atoms with E-state index >= 15 is 0 Å². The summed E-state index contributed by atoms with van der Waals surface area (Å²) in [6.07, 6.45) is 1.19. The molecule has 34 heavy (non-hydrogen) atoms. The standard InChI is InChI=1S/C24H22N2O7S/c1-32-16-8-10-17(11-9-16)34(30,31)21(20-7-4-14-33-20)15-25-22(27)12-13-26-23(28)18-5-2-3-6-19(18)24(26)29/h2-11,14,21H,12-13,15H2,1H3,(H,25,27)/t21-/m1/s1. The lowest BCUT2D eigenvalue weighted by molar-refractivity contribution is -0.121. The molecule has 3 aromatic rings. The van der Waals surface area contributed by atoms with Crippen molar-refractivity contribution in [2.24, 2.45) is 0 Å². The summed E-state index contributed by atoms with van der Waals surface area (Å²) in [7, 11) is -2.43. The predicted octanol–water partition coefficient (Wildman–Crippen LogP) is 2.61. The second kappa shape index (κ2) is 9.52. The van der Waals surface area contributed by atoms with Crippen molar-refractivity contribution in [3.05, 3.63) is 83.8 Å². The van der Waals surface area contributed by atoms with Crippen LogP contribution in [0.3, 0.4) is 0 Å². The monoisotopic (exact) mass is 482 g/mol. The van der Waals surface area contributed by atoms with Gasteiger partial charge >= 0.3 is 0 Å². The first-order chi connectivity index (χ1) is 16.3. The van der Waals surface area contributed by atoms with Gasteiger partial charge < -0.3 is 14.5 Å². The molecule has 2 aromatic carbocycles. The van der Waals surface area contributed by atoms with Crippen LogP contribution in [0.2, 0.25) is 0 Å². The molecular weight excluding hydrogens is 460 g/mol. The molecule has 9 nitrogen and oxygen atoms in total. The first kappa shape index (κ1) is 23.2. The van der Waals surface area contributed by atoms with E-state index in [0.717, 1.165) is 4.90 Å². The smallest absolute Gasteiger partial charge is 0.261 e. The van der Waals surface area contributed by atoms with Crippen molar-refractivity contribution >= 4 is 27.6 Å². The molecule has 0 radical (unpaired) electrons. The minimum Gasteiger partial charge on any atom is -0.497 e. The van der Waals surface area contributed by atoms with Crippen LogP contribution in [-0.2, 0) is 14.6 Å². The summed E-state index contributed by atoms with van der Waals surface area (Å²) in [5, 5.41) is 1.42. The molecule has 10 heteroatoms. The number of furan rings is 1. The zero-order valence-corrected chi connectivity index (χ0v) is 19.1. The quantitative estimate of drug-likeness (QED) is 0.465. The van der Waals surface area contributed by atoms with Gasteiger partial charge in [-0.1, -0.05) is 12.1 Å². The number of fused-ring (bicyclic) bond motifs is 1. The van der Waals surface area contributed by atoms with Crippen molar-refractivity contribution in [2.75, 3.05) is 20.2 Å². The van der Waals surface area contributed by atoms with Crippen LogP contribution in [0.4, 0.5) is 0 Å². The number of ether oxygens (including phenoxy) is 1. The lowest BCUT2D eigenvalue weighted by atomic mass is 10.1.